The largest absolute Gasteiger partial charge is 0.524 e. The number of anilines is 1. The maximum Gasteiger partial charge on any atom is 0.524 e. The lowest BCUT2D eigenvalue weighted by Gasteiger charge is -2.47. The fourth-order valence-electron chi connectivity index (χ4n) is 13.9. The third kappa shape index (κ3) is 23.9. The van der Waals surface area contributed by atoms with Crippen LogP contribution in [0.25, 0.3) is 11.3 Å². The molecule has 0 radical (unpaired) electrons. The number of nitrogens with zero attached hydrogens (tertiary/aromatic N) is 7. The molecule has 6 N–H and O–H groups in total. The summed E-state index contributed by atoms with van der Waals surface area (Å²) in [6.07, 6.45) is -14.9. The fraction of sp³-hybridized carbons (Fsp3) is 0.539. The minimum Gasteiger partial charge on any atom is -0.481 e. The molecule has 0 aliphatic carbocycles. The highest BCUT2D eigenvalue weighted by Crippen LogP contribution is 2.48. The molecule has 3 aliphatic heterocycles. The number of alkyl carbamates (subject to hydrolysis) is 1. The van der Waals surface area contributed by atoms with Crippen molar-refractivity contribution in [2.75, 3.05) is 52.0 Å². The highest BCUT2D eigenvalue weighted by Gasteiger charge is 2.58. The summed E-state index contributed by atoms with van der Waals surface area (Å²) in [4.78, 5) is 145. The molecule has 0 spiro atoms. The first-order chi connectivity index (χ1) is 53.5. The van der Waals surface area contributed by atoms with Gasteiger partial charge in [-0.2, -0.15) is 40.2 Å². The highest BCUT2D eigenvalue weighted by atomic mass is 31.2. The van der Waals surface area contributed by atoms with Gasteiger partial charge in [0.2, 0.25) is 17.8 Å². The number of hydrogen-bond donors (Lipinski definition) is 6. The first-order valence-electron chi connectivity index (χ1n) is 36.3. The van der Waals surface area contributed by atoms with Crippen molar-refractivity contribution in [1.29, 1.82) is 0 Å². The van der Waals surface area contributed by atoms with Crippen LogP contribution in [0.15, 0.2) is 79.3 Å². The Morgan fingerprint density at radius 2 is 1.37 bits per heavy atom. The van der Waals surface area contributed by atoms with Crippen molar-refractivity contribution in [3.63, 3.8) is 0 Å². The molecule has 3 aliphatic rings. The quantitative estimate of drug-likeness (QED) is 0.00556. The van der Waals surface area contributed by atoms with Gasteiger partial charge in [-0.25, -0.2) is 42.6 Å². The maximum atomic E-state index is 16.9. The minimum atomic E-state index is -5.63. The molecule has 0 saturated carbocycles. The highest BCUT2D eigenvalue weighted by molar-refractivity contribution is 7.46. The van der Waals surface area contributed by atoms with E-state index < -0.39 is 218 Å². The van der Waals surface area contributed by atoms with Crippen molar-refractivity contribution in [3.8, 4) is 28.8 Å². The van der Waals surface area contributed by atoms with Gasteiger partial charge in [-0.1, -0.05) is 63.8 Å². The number of rotatable bonds is 34. The molecule has 3 saturated heterocycles. The molecular weight excluding hydrogens is 1560 g/mol. The monoisotopic (exact) mass is 1650 g/mol. The Morgan fingerprint density at radius 1 is 0.765 bits per heavy atom. The standard InChI is InChI=1S/C76H91F10N10O18P/c1-71(2,3)113-67(104)56(23-24-61(99)100)89-60(98)31-45-13-12-14-58(114-115(106,107)108)64(45)72(4,5)33-63(102)112-59(39-94(92-66(103)52(32-62(101)109-10)73(6,7)75(81,82)83)38-51-53(77)28-46(29-54(51)78)55-25-26-95(91-55)68(79)80)47(30-57(97)65(90-70(105)110-11)74(8,9)76(84,85)86)27-43-18-15-42(16-19-43)17-20-44-34-87-69(88-35-44)93-36-48-21-22-49(37-93)96(48)50-40-111-41-50/h12-16,18-19,25-26,28-29,34-35,47-50,52,56,59,65,68H,21-24,27,30-33,36-41H2,1-11H3,(H,89,98)(H,90,105)(H,92,103)(H,99,100)(H2,106,107,108)/t47-,48?,49?,52-,56+,59+,65-/m1/s1. The zero-order valence-corrected chi connectivity index (χ0v) is 65.5. The number of methoxy groups -OCH3 is 2. The van der Waals surface area contributed by atoms with Crippen molar-refractivity contribution in [2.45, 2.75) is 193 Å². The number of halogens is 10. The summed E-state index contributed by atoms with van der Waals surface area (Å²) in [6, 6.07) is 8.08. The Labute approximate surface area is 655 Å². The van der Waals surface area contributed by atoms with Gasteiger partial charge in [0.15, 0.2) is 5.78 Å². The van der Waals surface area contributed by atoms with E-state index in [1.165, 1.54) is 83.4 Å². The van der Waals surface area contributed by atoms with Crippen LogP contribution in [0.1, 0.15) is 147 Å². The van der Waals surface area contributed by atoms with Gasteiger partial charge < -0.3 is 48.8 Å². The van der Waals surface area contributed by atoms with Crippen LogP contribution in [0.5, 0.6) is 5.75 Å². The second kappa shape index (κ2) is 37.0. The zero-order valence-electron chi connectivity index (χ0n) is 64.6. The Kier molecular flexibility index (Phi) is 29.2. The van der Waals surface area contributed by atoms with Gasteiger partial charge in [0.25, 0.3) is 0 Å². The van der Waals surface area contributed by atoms with Crippen molar-refractivity contribution >= 4 is 61.3 Å². The number of carbonyl (C=O) groups excluding carboxylic acids is 7. The Balaban J connectivity index is 1.27. The zero-order chi connectivity index (χ0) is 85.3. The van der Waals surface area contributed by atoms with Gasteiger partial charge in [-0.15, -0.1) is 0 Å². The third-order valence-electron chi connectivity index (χ3n) is 20.2. The van der Waals surface area contributed by atoms with Gasteiger partial charge in [0.1, 0.15) is 41.2 Å². The summed E-state index contributed by atoms with van der Waals surface area (Å²) < 4.78 is 198. The number of benzene rings is 3. The number of carboxylic acids is 1. The molecule has 3 fully saturated rings. The van der Waals surface area contributed by atoms with E-state index in [1.54, 1.807) is 0 Å². The molecule has 2 aromatic heterocycles. The molecule has 5 heterocycles. The number of carbonyl (C=O) groups is 8. The number of amides is 3. The van der Waals surface area contributed by atoms with Gasteiger partial charge in [-0.3, -0.25) is 48.9 Å². The first-order valence-corrected chi connectivity index (χ1v) is 37.8. The van der Waals surface area contributed by atoms with Gasteiger partial charge in [-0.05, 0) is 108 Å². The van der Waals surface area contributed by atoms with Crippen molar-refractivity contribution in [2.24, 2.45) is 22.7 Å². The fourth-order valence-corrected chi connectivity index (χ4v) is 14.3. The molecule has 39 heteroatoms. The lowest BCUT2D eigenvalue weighted by Crippen LogP contribution is -2.62. The number of ether oxygens (including phenoxy) is 5. The molecule has 3 aromatic carbocycles. The van der Waals surface area contributed by atoms with Crippen LogP contribution in [0.3, 0.4) is 0 Å². The van der Waals surface area contributed by atoms with E-state index in [2.05, 4.69) is 56.9 Å². The van der Waals surface area contributed by atoms with Gasteiger partial charge in [0.05, 0.1) is 87.3 Å². The number of alkyl halides is 8. The summed E-state index contributed by atoms with van der Waals surface area (Å²) >= 11 is 0. The Morgan fingerprint density at radius 3 is 1.90 bits per heavy atom. The van der Waals surface area contributed by atoms with Crippen molar-refractivity contribution in [1.82, 2.24) is 45.7 Å². The molecule has 2 bridgehead atoms. The molecule has 2 unspecified atom stereocenters. The SMILES string of the molecule is COC(=O)C[C@H](C(=O)NN(Cc1c(F)cc(-c2ccn(C(F)F)n2)cc1F)C[C@H](OC(=O)CC(C)(C)c1c(CC(=O)N[C@@H](CCC(=O)O)C(=O)OC(C)(C)C)cccc1OP(=O)(O)O)[C@@H](CC(=O)[C@@H](NC(=O)OC)C(C)(C)C(F)(F)F)Cc1ccc(C#Cc2cnc(N3CC4CCC(C3)N4C3COC3)nc2)cc1)C(C)(C)C(F)(F)F. The number of carboxylic acid groups (broad SMARTS) is 1. The third-order valence-corrected chi connectivity index (χ3v) is 20.6. The van der Waals surface area contributed by atoms with Crippen LogP contribution in [0.4, 0.5) is 54.6 Å². The summed E-state index contributed by atoms with van der Waals surface area (Å²) in [6.45, 7) is 6.01. The number of aliphatic carboxylic acids is 1. The minimum absolute atomic E-state index is 0.134. The first kappa shape index (κ1) is 90.7. The number of fused-ring (bicyclic) bond motifs is 2. The summed E-state index contributed by atoms with van der Waals surface area (Å²) in [7, 11) is -4.08. The number of piperazine rings is 1. The number of hydrogen-bond acceptors (Lipinski definition) is 21. The lowest BCUT2D eigenvalue weighted by atomic mass is 9.75. The molecule has 7 atom stereocenters. The Hall–Kier alpha value is -9.80. The maximum absolute atomic E-state index is 16.9. The van der Waals surface area contributed by atoms with E-state index >= 15 is 44.7 Å². The van der Waals surface area contributed by atoms with E-state index in [4.69, 9.17) is 18.7 Å². The molecular formula is C76H91F10N10O18P. The van der Waals surface area contributed by atoms with Gasteiger partial charge >= 0.3 is 56.7 Å². The summed E-state index contributed by atoms with van der Waals surface area (Å²) in [5, 5.41) is 18.0. The number of ketones is 1. The number of esters is 3. The number of hydrazine groups is 1. The van der Waals surface area contributed by atoms with E-state index in [1.807, 2.05) is 5.32 Å². The molecule has 28 nitrogen and oxygen atoms in total. The predicted molar refractivity (Wildman–Crippen MR) is 388 cm³/mol. The van der Waals surface area contributed by atoms with Crippen molar-refractivity contribution in [3.05, 3.63) is 124 Å². The number of phosphoric acid groups is 1. The average Bonchev–Trinajstić information content (AvgIpc) is 1.55. The molecule has 3 amide bonds. The van der Waals surface area contributed by atoms with Crippen LogP contribution in [0, 0.1) is 46.1 Å². The van der Waals surface area contributed by atoms with Crippen LogP contribution >= 0.6 is 7.82 Å². The second-order valence-electron chi connectivity index (χ2n) is 31.1. The molecule has 115 heavy (non-hydrogen) atoms. The Bertz CT molecular complexity index is 4430. The predicted octanol–water partition coefficient (Wildman–Crippen LogP) is 10.2. The number of Topliss-reactive ketones (excluding diaryl/α,β-unsaturated/α-hetero) is 1. The van der Waals surface area contributed by atoms with E-state index in [9.17, 15) is 57.0 Å². The van der Waals surface area contributed by atoms with Crippen LogP contribution in [-0.4, -0.2) is 193 Å². The number of nitrogens with one attached hydrogen (secondary N) is 3. The molecule has 8 rings (SSSR count). The number of aromatic nitrogens is 4. The van der Waals surface area contributed by atoms with Gasteiger partial charge in [0, 0.05) is 96.7 Å². The molecule has 5 aromatic rings. The van der Waals surface area contributed by atoms with Crippen molar-refractivity contribution < 1.29 is 130 Å². The topological polar surface area (TPSA) is 359 Å². The van der Waals surface area contributed by atoms with E-state index in [-0.39, 0.29) is 21.4 Å². The smallest absolute Gasteiger partial charge is 0.481 e. The second-order valence-corrected chi connectivity index (χ2v) is 32.2. The van der Waals surface area contributed by atoms with Crippen LogP contribution in [0.2, 0.25) is 0 Å². The number of phosphoric ester groups is 1. The lowest BCUT2D eigenvalue weighted by molar-refractivity contribution is -0.231. The van der Waals surface area contributed by atoms with E-state index in [0.29, 0.717) is 106 Å². The normalized spacial score (nSPS) is 17.1. The summed E-state index contributed by atoms with van der Waals surface area (Å²) in [5.74, 6) is -11.3. The summed E-state index contributed by atoms with van der Waals surface area (Å²) in [5.41, 5.74) is -9.08. The van der Waals surface area contributed by atoms with Crippen LogP contribution < -0.4 is 25.5 Å². The molecule has 628 valence electrons. The average molecular weight is 1650 g/mol. The van der Waals surface area contributed by atoms with Crippen LogP contribution in [-0.2, 0) is 86.6 Å². The van der Waals surface area contributed by atoms with E-state index in [0.717, 1.165) is 45.4 Å².